The van der Waals surface area contributed by atoms with Gasteiger partial charge < -0.3 is 10.1 Å². The Labute approximate surface area is 173 Å². The van der Waals surface area contributed by atoms with E-state index in [0.717, 1.165) is 5.69 Å². The van der Waals surface area contributed by atoms with Gasteiger partial charge in [0.05, 0.1) is 12.3 Å². The van der Waals surface area contributed by atoms with Crippen LogP contribution in [0.4, 0.5) is 0 Å². The van der Waals surface area contributed by atoms with Crippen LogP contribution in [0.15, 0.2) is 53.9 Å². The number of carbonyl (C=O) groups excluding carboxylic acids is 1. The van der Waals surface area contributed by atoms with Crippen LogP contribution in [0.1, 0.15) is 11.1 Å². The number of benzene rings is 2. The molecular formula is C20H21ClN4O2S. The van der Waals surface area contributed by atoms with Gasteiger partial charge in [-0.15, -0.1) is 10.2 Å². The molecule has 8 heteroatoms. The maximum Gasteiger partial charge on any atom is 0.230 e. The Morgan fingerprint density at radius 3 is 2.86 bits per heavy atom. The molecule has 2 aromatic carbocycles. The van der Waals surface area contributed by atoms with E-state index in [0.29, 0.717) is 29.1 Å². The minimum atomic E-state index is -0.0886. The van der Waals surface area contributed by atoms with Gasteiger partial charge in [0.1, 0.15) is 18.7 Å². The first-order valence-corrected chi connectivity index (χ1v) is 10.1. The number of ether oxygens (including phenoxy) is 1. The van der Waals surface area contributed by atoms with Gasteiger partial charge in [0.2, 0.25) is 5.91 Å². The molecule has 0 aliphatic carbocycles. The number of nitrogens with zero attached hydrogens (tertiary/aromatic N) is 3. The molecule has 1 aromatic heterocycles. The molecule has 0 atom stereocenters. The number of aromatic nitrogens is 3. The van der Waals surface area contributed by atoms with E-state index >= 15 is 0 Å². The van der Waals surface area contributed by atoms with E-state index in [-0.39, 0.29) is 11.7 Å². The van der Waals surface area contributed by atoms with Crippen LogP contribution < -0.4 is 10.1 Å². The molecule has 1 heterocycles. The van der Waals surface area contributed by atoms with Crippen molar-refractivity contribution in [3.63, 3.8) is 0 Å². The van der Waals surface area contributed by atoms with Crippen molar-refractivity contribution in [2.45, 2.75) is 19.0 Å². The third-order valence-electron chi connectivity index (χ3n) is 4.11. The Bertz CT molecular complexity index is 961. The van der Waals surface area contributed by atoms with Crippen molar-refractivity contribution in [2.75, 3.05) is 18.9 Å². The number of carbonyl (C=O) groups is 1. The first-order chi connectivity index (χ1) is 13.5. The monoisotopic (exact) mass is 416 g/mol. The lowest BCUT2D eigenvalue weighted by atomic mass is 10.1. The first-order valence-electron chi connectivity index (χ1n) is 8.78. The molecule has 6 nitrogen and oxygen atoms in total. The molecule has 1 amide bonds. The smallest absolute Gasteiger partial charge is 0.230 e. The highest BCUT2D eigenvalue weighted by atomic mass is 35.5. The van der Waals surface area contributed by atoms with Gasteiger partial charge in [-0.3, -0.25) is 9.36 Å². The molecule has 0 radical (unpaired) electrons. The largest absolute Gasteiger partial charge is 0.492 e. The van der Waals surface area contributed by atoms with Crippen LogP contribution in [-0.4, -0.2) is 39.6 Å². The molecule has 0 aliphatic rings. The normalized spacial score (nSPS) is 10.7. The average Bonchev–Trinajstić information content (AvgIpc) is 3.14. The maximum absolute atomic E-state index is 12.1. The van der Waals surface area contributed by atoms with E-state index < -0.39 is 0 Å². The third kappa shape index (κ3) is 5.50. The van der Waals surface area contributed by atoms with Gasteiger partial charge in [0, 0.05) is 10.7 Å². The highest BCUT2D eigenvalue weighted by Gasteiger charge is 2.10. The summed E-state index contributed by atoms with van der Waals surface area (Å²) >= 11 is 7.25. The van der Waals surface area contributed by atoms with Crippen LogP contribution in [0.2, 0.25) is 5.02 Å². The summed E-state index contributed by atoms with van der Waals surface area (Å²) < 4.78 is 7.43. The molecule has 0 fully saturated rings. The van der Waals surface area contributed by atoms with Gasteiger partial charge in [-0.1, -0.05) is 35.5 Å². The van der Waals surface area contributed by atoms with Crippen LogP contribution in [0, 0.1) is 13.8 Å². The molecule has 28 heavy (non-hydrogen) atoms. The Morgan fingerprint density at radius 2 is 2.07 bits per heavy atom. The number of hydrogen-bond donors (Lipinski definition) is 1. The van der Waals surface area contributed by atoms with Gasteiger partial charge >= 0.3 is 0 Å². The number of halogens is 1. The number of aryl methyl sites for hydroxylation is 2. The Balaban J connectivity index is 1.46. The van der Waals surface area contributed by atoms with Gasteiger partial charge in [0.15, 0.2) is 5.16 Å². The maximum atomic E-state index is 12.1. The SMILES string of the molecule is Cc1ccc(-n2cnnc2SCC(=O)NCCOc2cccc(Cl)c2)cc1C. The summed E-state index contributed by atoms with van der Waals surface area (Å²) in [5.41, 5.74) is 3.40. The highest BCUT2D eigenvalue weighted by molar-refractivity contribution is 7.99. The Hall–Kier alpha value is -2.51. The summed E-state index contributed by atoms with van der Waals surface area (Å²) in [6, 6.07) is 13.3. The predicted octanol–water partition coefficient (Wildman–Crippen LogP) is 3.82. The zero-order valence-corrected chi connectivity index (χ0v) is 17.3. The van der Waals surface area contributed by atoms with E-state index in [1.165, 1.54) is 22.9 Å². The average molecular weight is 417 g/mol. The van der Waals surface area contributed by atoms with E-state index in [2.05, 4.69) is 41.5 Å². The van der Waals surface area contributed by atoms with Gasteiger partial charge in [-0.05, 0) is 55.3 Å². The van der Waals surface area contributed by atoms with Crippen molar-refractivity contribution in [3.8, 4) is 11.4 Å². The molecule has 0 bridgehead atoms. The zero-order valence-electron chi connectivity index (χ0n) is 15.7. The molecule has 0 aliphatic heterocycles. The number of amides is 1. The zero-order chi connectivity index (χ0) is 19.9. The highest BCUT2D eigenvalue weighted by Crippen LogP contribution is 2.21. The van der Waals surface area contributed by atoms with Crippen LogP contribution in [0.25, 0.3) is 5.69 Å². The van der Waals surface area contributed by atoms with Crippen molar-refractivity contribution in [1.29, 1.82) is 0 Å². The molecule has 0 saturated carbocycles. The minimum absolute atomic E-state index is 0.0886. The summed E-state index contributed by atoms with van der Waals surface area (Å²) in [6.45, 7) is 4.92. The molecule has 0 saturated heterocycles. The van der Waals surface area contributed by atoms with E-state index in [9.17, 15) is 4.79 Å². The molecule has 0 spiro atoms. The lowest BCUT2D eigenvalue weighted by Gasteiger charge is -2.09. The van der Waals surface area contributed by atoms with Crippen molar-refractivity contribution < 1.29 is 9.53 Å². The van der Waals surface area contributed by atoms with Crippen molar-refractivity contribution >= 4 is 29.3 Å². The van der Waals surface area contributed by atoms with Gasteiger partial charge in [0.25, 0.3) is 0 Å². The van der Waals surface area contributed by atoms with Crippen LogP contribution in [-0.2, 0) is 4.79 Å². The van der Waals surface area contributed by atoms with E-state index in [1.54, 1.807) is 18.5 Å². The molecule has 146 valence electrons. The topological polar surface area (TPSA) is 69.0 Å². The Kier molecular flexibility index (Phi) is 6.95. The fourth-order valence-corrected chi connectivity index (χ4v) is 3.41. The van der Waals surface area contributed by atoms with Crippen LogP contribution >= 0.6 is 23.4 Å². The Morgan fingerprint density at radius 1 is 1.21 bits per heavy atom. The van der Waals surface area contributed by atoms with E-state index in [1.807, 2.05) is 22.8 Å². The molecule has 3 aromatic rings. The molecule has 1 N–H and O–H groups in total. The first kappa shape index (κ1) is 20.2. The van der Waals surface area contributed by atoms with Gasteiger partial charge in [-0.25, -0.2) is 0 Å². The predicted molar refractivity (Wildman–Crippen MR) is 112 cm³/mol. The fraction of sp³-hybridized carbons (Fsp3) is 0.250. The van der Waals surface area contributed by atoms with Crippen molar-refractivity contribution in [3.05, 3.63) is 64.9 Å². The number of hydrogen-bond acceptors (Lipinski definition) is 5. The van der Waals surface area contributed by atoms with Crippen LogP contribution in [0.5, 0.6) is 5.75 Å². The standard InChI is InChI=1S/C20H21ClN4O2S/c1-14-6-7-17(10-15(14)2)25-13-23-24-20(25)28-12-19(26)22-8-9-27-18-5-3-4-16(21)11-18/h3-7,10-11,13H,8-9,12H2,1-2H3,(H,22,26). The summed E-state index contributed by atoms with van der Waals surface area (Å²) in [4.78, 5) is 12.1. The van der Waals surface area contributed by atoms with E-state index in [4.69, 9.17) is 16.3 Å². The second kappa shape index (κ2) is 9.61. The van der Waals surface area contributed by atoms with Crippen molar-refractivity contribution in [1.82, 2.24) is 20.1 Å². The number of thioether (sulfide) groups is 1. The van der Waals surface area contributed by atoms with Crippen molar-refractivity contribution in [2.24, 2.45) is 0 Å². The third-order valence-corrected chi connectivity index (χ3v) is 5.28. The molecule has 3 rings (SSSR count). The number of nitrogens with one attached hydrogen (secondary N) is 1. The fourth-order valence-electron chi connectivity index (χ4n) is 2.47. The summed E-state index contributed by atoms with van der Waals surface area (Å²) in [6.07, 6.45) is 1.66. The minimum Gasteiger partial charge on any atom is -0.492 e. The lowest BCUT2D eigenvalue weighted by molar-refractivity contribution is -0.118. The second-order valence-electron chi connectivity index (χ2n) is 6.20. The second-order valence-corrected chi connectivity index (χ2v) is 7.58. The molecular weight excluding hydrogens is 396 g/mol. The quantitative estimate of drug-likeness (QED) is 0.446. The summed E-state index contributed by atoms with van der Waals surface area (Å²) in [5, 5.41) is 12.2. The summed E-state index contributed by atoms with van der Waals surface area (Å²) in [7, 11) is 0. The lowest BCUT2D eigenvalue weighted by Crippen LogP contribution is -2.29. The molecule has 0 unspecified atom stereocenters. The number of rotatable bonds is 8. The summed E-state index contributed by atoms with van der Waals surface area (Å²) in [5.74, 6) is 0.840. The van der Waals surface area contributed by atoms with Gasteiger partial charge in [-0.2, -0.15) is 0 Å². The van der Waals surface area contributed by atoms with Crippen LogP contribution in [0.3, 0.4) is 0 Å².